The summed E-state index contributed by atoms with van der Waals surface area (Å²) >= 11 is 3.44. The Balaban J connectivity index is 2.41. The van der Waals surface area contributed by atoms with Crippen molar-refractivity contribution in [3.05, 3.63) is 46.1 Å². The minimum Gasteiger partial charge on any atom is -0.436 e. The highest BCUT2D eigenvalue weighted by atomic mass is 79.9. The number of nitrogens with zero attached hydrogens (tertiary/aromatic N) is 3. The maximum atomic E-state index is 9.01. The van der Waals surface area contributed by atoms with Crippen LogP contribution in [0.3, 0.4) is 0 Å². The van der Waals surface area contributed by atoms with Crippen molar-refractivity contribution < 1.29 is 4.74 Å². The fourth-order valence-electron chi connectivity index (χ4n) is 1.65. The molecule has 1 aromatic heterocycles. The molecule has 19 heavy (non-hydrogen) atoms. The molecule has 2 rings (SSSR count). The van der Waals surface area contributed by atoms with Crippen LogP contribution in [0.1, 0.15) is 30.9 Å². The van der Waals surface area contributed by atoms with Gasteiger partial charge in [-0.2, -0.15) is 10.4 Å². The van der Waals surface area contributed by atoms with Crippen LogP contribution in [-0.2, 0) is 0 Å². The molecule has 0 atom stereocenters. The number of nitriles is 1. The van der Waals surface area contributed by atoms with Gasteiger partial charge in [0, 0.05) is 4.47 Å². The summed E-state index contributed by atoms with van der Waals surface area (Å²) in [5.41, 5.74) is 1.41. The summed E-state index contributed by atoms with van der Waals surface area (Å²) in [6.45, 7) is 4.16. The van der Waals surface area contributed by atoms with E-state index in [-0.39, 0.29) is 5.88 Å². The van der Waals surface area contributed by atoms with Gasteiger partial charge in [0.15, 0.2) is 0 Å². The van der Waals surface area contributed by atoms with E-state index < -0.39 is 0 Å². The first-order valence-electron chi connectivity index (χ1n) is 5.81. The summed E-state index contributed by atoms with van der Waals surface area (Å²) in [7, 11) is 0. The van der Waals surface area contributed by atoms with Gasteiger partial charge >= 0.3 is 0 Å². The van der Waals surface area contributed by atoms with E-state index in [1.807, 2.05) is 24.3 Å². The van der Waals surface area contributed by atoms with Crippen LogP contribution in [-0.4, -0.2) is 10.2 Å². The molecule has 1 heterocycles. The molecule has 0 saturated carbocycles. The molecule has 2 aromatic rings. The van der Waals surface area contributed by atoms with Crippen LogP contribution in [0.5, 0.6) is 11.6 Å². The van der Waals surface area contributed by atoms with Crippen molar-refractivity contribution in [1.82, 2.24) is 10.2 Å². The fraction of sp³-hybridized carbons (Fsp3) is 0.214. The highest BCUT2D eigenvalue weighted by Gasteiger charge is 2.12. The van der Waals surface area contributed by atoms with Gasteiger partial charge in [0.05, 0.1) is 6.20 Å². The first-order valence-corrected chi connectivity index (χ1v) is 6.60. The molecule has 0 N–H and O–H groups in total. The Morgan fingerprint density at radius 3 is 2.79 bits per heavy atom. The summed E-state index contributed by atoms with van der Waals surface area (Å²) in [6, 6.07) is 9.37. The van der Waals surface area contributed by atoms with Crippen LogP contribution < -0.4 is 4.74 Å². The predicted octanol–water partition coefficient (Wildman–Crippen LogP) is 4.03. The number of halogens is 1. The van der Waals surface area contributed by atoms with Gasteiger partial charge in [0.1, 0.15) is 17.4 Å². The molecule has 0 saturated heterocycles. The Morgan fingerprint density at radius 2 is 2.11 bits per heavy atom. The maximum Gasteiger partial charge on any atom is 0.256 e. The molecule has 0 unspecified atom stereocenters. The third kappa shape index (κ3) is 3.09. The first kappa shape index (κ1) is 13.5. The summed E-state index contributed by atoms with van der Waals surface area (Å²) in [4.78, 5) is 0. The third-order valence-corrected chi connectivity index (χ3v) is 3.10. The smallest absolute Gasteiger partial charge is 0.256 e. The number of hydrogen-bond donors (Lipinski definition) is 0. The van der Waals surface area contributed by atoms with Gasteiger partial charge < -0.3 is 4.74 Å². The topological polar surface area (TPSA) is 58.8 Å². The van der Waals surface area contributed by atoms with Gasteiger partial charge in [-0.25, -0.2) is 0 Å². The van der Waals surface area contributed by atoms with E-state index in [0.717, 1.165) is 10.0 Å². The zero-order chi connectivity index (χ0) is 13.8. The lowest BCUT2D eigenvalue weighted by Gasteiger charge is -2.13. The number of rotatable bonds is 3. The van der Waals surface area contributed by atoms with Crippen LogP contribution in [0.25, 0.3) is 0 Å². The van der Waals surface area contributed by atoms with Crippen molar-refractivity contribution in [3.8, 4) is 17.7 Å². The molecule has 0 fully saturated rings. The standard InChI is InChI=1S/C14H12BrN3O/c1-9(2)12-7-11(15)3-4-13(12)19-14-10(8-16)5-6-17-18-14/h3-7,9H,1-2H3. The van der Waals surface area contributed by atoms with Crippen LogP contribution in [0.15, 0.2) is 34.9 Å². The summed E-state index contributed by atoms with van der Waals surface area (Å²) in [5, 5.41) is 16.6. The van der Waals surface area contributed by atoms with E-state index in [2.05, 4.69) is 40.0 Å². The van der Waals surface area contributed by atoms with Crippen LogP contribution >= 0.6 is 15.9 Å². The molecule has 0 bridgehead atoms. The molecule has 0 aliphatic heterocycles. The highest BCUT2D eigenvalue weighted by Crippen LogP contribution is 2.32. The Kier molecular flexibility index (Phi) is 4.13. The van der Waals surface area contributed by atoms with E-state index in [4.69, 9.17) is 10.00 Å². The van der Waals surface area contributed by atoms with Gasteiger partial charge in [0.25, 0.3) is 5.88 Å². The average molecular weight is 318 g/mol. The highest BCUT2D eigenvalue weighted by molar-refractivity contribution is 9.10. The minimum atomic E-state index is 0.231. The Bertz CT molecular complexity index is 635. The van der Waals surface area contributed by atoms with Gasteiger partial charge in [0.2, 0.25) is 0 Å². The van der Waals surface area contributed by atoms with Gasteiger partial charge in [-0.3, -0.25) is 0 Å². The monoisotopic (exact) mass is 317 g/mol. The van der Waals surface area contributed by atoms with Crippen LogP contribution in [0.4, 0.5) is 0 Å². The largest absolute Gasteiger partial charge is 0.436 e. The molecular weight excluding hydrogens is 306 g/mol. The number of ether oxygens (including phenoxy) is 1. The SMILES string of the molecule is CC(C)c1cc(Br)ccc1Oc1nnccc1C#N. The fourth-order valence-corrected chi connectivity index (χ4v) is 2.03. The molecular formula is C14H12BrN3O. The quantitative estimate of drug-likeness (QED) is 0.857. The third-order valence-electron chi connectivity index (χ3n) is 2.61. The van der Waals surface area contributed by atoms with Crippen LogP contribution in [0, 0.1) is 11.3 Å². The second-order valence-corrected chi connectivity index (χ2v) is 5.22. The molecule has 96 valence electrons. The van der Waals surface area contributed by atoms with Crippen molar-refractivity contribution in [2.24, 2.45) is 0 Å². The molecule has 0 aliphatic carbocycles. The lowest BCUT2D eigenvalue weighted by atomic mass is 10.0. The van der Waals surface area contributed by atoms with Crippen molar-refractivity contribution in [2.75, 3.05) is 0 Å². The van der Waals surface area contributed by atoms with Gasteiger partial charge in [-0.1, -0.05) is 29.8 Å². The second-order valence-electron chi connectivity index (χ2n) is 4.30. The van der Waals surface area contributed by atoms with Crippen molar-refractivity contribution >= 4 is 15.9 Å². The summed E-state index contributed by atoms with van der Waals surface area (Å²) < 4.78 is 6.72. The van der Waals surface area contributed by atoms with E-state index in [1.54, 1.807) is 6.07 Å². The molecule has 0 radical (unpaired) electrons. The van der Waals surface area contributed by atoms with Gasteiger partial charge in [-0.05, 0) is 35.7 Å². The molecule has 0 aliphatic rings. The molecule has 5 heteroatoms. The Hall–Kier alpha value is -1.93. The van der Waals surface area contributed by atoms with Crippen molar-refractivity contribution in [2.45, 2.75) is 19.8 Å². The van der Waals surface area contributed by atoms with E-state index in [9.17, 15) is 0 Å². The maximum absolute atomic E-state index is 9.01. The number of hydrogen-bond acceptors (Lipinski definition) is 4. The van der Waals surface area contributed by atoms with Crippen molar-refractivity contribution in [1.29, 1.82) is 5.26 Å². The van der Waals surface area contributed by atoms with E-state index in [1.165, 1.54) is 6.20 Å². The second kappa shape index (κ2) is 5.81. The molecule has 4 nitrogen and oxygen atoms in total. The Labute approximate surface area is 120 Å². The minimum absolute atomic E-state index is 0.231. The molecule has 1 aromatic carbocycles. The molecule has 0 spiro atoms. The number of aromatic nitrogens is 2. The first-order chi connectivity index (χ1) is 9.11. The zero-order valence-electron chi connectivity index (χ0n) is 10.6. The number of benzene rings is 1. The average Bonchev–Trinajstić information content (AvgIpc) is 2.41. The predicted molar refractivity (Wildman–Crippen MR) is 75.1 cm³/mol. The lowest BCUT2D eigenvalue weighted by molar-refractivity contribution is 0.445. The molecule has 0 amide bonds. The summed E-state index contributed by atoms with van der Waals surface area (Å²) in [6.07, 6.45) is 1.47. The van der Waals surface area contributed by atoms with Crippen LogP contribution in [0.2, 0.25) is 0 Å². The van der Waals surface area contributed by atoms with E-state index >= 15 is 0 Å². The summed E-state index contributed by atoms with van der Waals surface area (Å²) in [5.74, 6) is 1.22. The van der Waals surface area contributed by atoms with Gasteiger partial charge in [-0.15, -0.1) is 5.10 Å². The Morgan fingerprint density at radius 1 is 1.32 bits per heavy atom. The lowest BCUT2D eigenvalue weighted by Crippen LogP contribution is -1.98. The zero-order valence-corrected chi connectivity index (χ0v) is 12.2. The normalized spacial score (nSPS) is 10.3. The van der Waals surface area contributed by atoms with Crippen molar-refractivity contribution in [3.63, 3.8) is 0 Å². The van der Waals surface area contributed by atoms with E-state index in [0.29, 0.717) is 17.2 Å².